The maximum absolute atomic E-state index is 12.7. The van der Waals surface area contributed by atoms with Gasteiger partial charge in [-0.2, -0.15) is 0 Å². The zero-order chi connectivity index (χ0) is 17.7. The highest BCUT2D eigenvalue weighted by Crippen LogP contribution is 2.27. The number of carbonyl (C=O) groups excluding carboxylic acids is 1. The van der Waals surface area contributed by atoms with E-state index in [2.05, 4.69) is 5.10 Å². The molecule has 0 saturated heterocycles. The third kappa shape index (κ3) is 4.22. The van der Waals surface area contributed by atoms with Gasteiger partial charge in [-0.15, -0.1) is 0 Å². The number of H-pyrrole nitrogens is 1. The monoisotopic (exact) mass is 370 g/mol. The molecule has 5 nitrogen and oxygen atoms in total. The number of halogens is 2. The zero-order valence-corrected chi connectivity index (χ0v) is 15.2. The van der Waals surface area contributed by atoms with Crippen LogP contribution in [-0.4, -0.2) is 22.4 Å². The number of ether oxygens (including phenoxy) is 1. The summed E-state index contributed by atoms with van der Waals surface area (Å²) in [6.07, 6.45) is 1.88. The van der Waals surface area contributed by atoms with Gasteiger partial charge in [0.1, 0.15) is 6.54 Å². The minimum absolute atomic E-state index is 0.139. The van der Waals surface area contributed by atoms with Crippen LogP contribution in [0.5, 0.6) is 0 Å². The number of hydrogen-bond donors (Lipinski definition) is 1. The Morgan fingerprint density at radius 3 is 2.46 bits per heavy atom. The second kappa shape index (κ2) is 8.40. The fourth-order valence-electron chi connectivity index (χ4n) is 2.54. The molecule has 0 spiro atoms. The third-order valence-electron chi connectivity index (χ3n) is 3.65. The third-order valence-corrected chi connectivity index (χ3v) is 4.35. The van der Waals surface area contributed by atoms with Crippen molar-refractivity contribution in [1.29, 1.82) is 0 Å². The minimum Gasteiger partial charge on any atom is -0.465 e. The van der Waals surface area contributed by atoms with Gasteiger partial charge in [0.2, 0.25) is 0 Å². The first-order chi connectivity index (χ1) is 11.5. The van der Waals surface area contributed by atoms with E-state index in [9.17, 15) is 9.59 Å². The molecule has 0 saturated carbocycles. The highest BCUT2D eigenvalue weighted by atomic mass is 35.5. The van der Waals surface area contributed by atoms with Crippen LogP contribution >= 0.6 is 23.2 Å². The molecule has 2 rings (SSSR count). The highest BCUT2D eigenvalue weighted by molar-refractivity contribution is 6.36. The molecular formula is C17H20Cl2N2O3. The predicted octanol–water partition coefficient (Wildman–Crippen LogP) is 3.59. The molecule has 0 atom stereocenters. The normalized spacial score (nSPS) is 10.8. The fraction of sp³-hybridized carbons (Fsp3) is 0.412. The number of aryl methyl sites for hydroxylation is 1. The summed E-state index contributed by atoms with van der Waals surface area (Å²) >= 11 is 12.4. The SMILES string of the molecule is CCCc1[nH]n(CC(=O)OCC)c(=O)c1Cc1c(Cl)cccc1Cl. The number of aromatic nitrogens is 2. The van der Waals surface area contributed by atoms with Crippen LogP contribution in [0.25, 0.3) is 0 Å². The van der Waals surface area contributed by atoms with Crippen LogP contribution in [0.2, 0.25) is 10.0 Å². The van der Waals surface area contributed by atoms with Gasteiger partial charge in [-0.1, -0.05) is 42.6 Å². The van der Waals surface area contributed by atoms with Crippen molar-refractivity contribution in [1.82, 2.24) is 9.78 Å². The molecule has 1 aromatic carbocycles. The lowest BCUT2D eigenvalue weighted by molar-refractivity contribution is -0.144. The summed E-state index contributed by atoms with van der Waals surface area (Å²) in [5, 5.41) is 4.05. The molecular weight excluding hydrogens is 351 g/mol. The van der Waals surface area contributed by atoms with E-state index in [1.807, 2.05) is 6.92 Å². The largest absolute Gasteiger partial charge is 0.465 e. The molecule has 0 aliphatic rings. The Bertz CT molecular complexity index is 760. The van der Waals surface area contributed by atoms with E-state index in [-0.39, 0.29) is 18.7 Å². The number of nitrogens with one attached hydrogen (secondary N) is 1. The van der Waals surface area contributed by atoms with Crippen LogP contribution in [0.4, 0.5) is 0 Å². The zero-order valence-electron chi connectivity index (χ0n) is 13.7. The van der Waals surface area contributed by atoms with Crippen molar-refractivity contribution >= 4 is 29.2 Å². The standard InChI is InChI=1S/C17H20Cl2N2O3/c1-3-6-15-12(9-11-13(18)7-5-8-14(11)19)17(23)21(20-15)10-16(22)24-4-2/h5,7-8,20H,3-4,6,9-10H2,1-2H3. The van der Waals surface area contributed by atoms with Gasteiger partial charge in [-0.3, -0.25) is 14.7 Å². The summed E-state index contributed by atoms with van der Waals surface area (Å²) in [6, 6.07) is 5.25. The Morgan fingerprint density at radius 2 is 1.88 bits per heavy atom. The molecule has 1 N–H and O–H groups in total. The number of hydrogen-bond acceptors (Lipinski definition) is 3. The number of esters is 1. The van der Waals surface area contributed by atoms with Gasteiger partial charge in [0.25, 0.3) is 5.56 Å². The summed E-state index contributed by atoms with van der Waals surface area (Å²) in [5.74, 6) is -0.453. The van der Waals surface area contributed by atoms with Gasteiger partial charge < -0.3 is 4.74 Å². The van der Waals surface area contributed by atoms with E-state index in [1.54, 1.807) is 25.1 Å². The van der Waals surface area contributed by atoms with Crippen LogP contribution in [0.3, 0.4) is 0 Å². The average molecular weight is 371 g/mol. The number of aromatic amines is 1. The van der Waals surface area contributed by atoms with E-state index in [4.69, 9.17) is 27.9 Å². The van der Waals surface area contributed by atoms with Crippen LogP contribution in [0.1, 0.15) is 37.1 Å². The fourth-order valence-corrected chi connectivity index (χ4v) is 3.07. The first-order valence-corrected chi connectivity index (χ1v) is 8.62. The summed E-state index contributed by atoms with van der Waals surface area (Å²) < 4.78 is 6.19. The van der Waals surface area contributed by atoms with E-state index in [0.29, 0.717) is 34.0 Å². The molecule has 1 aromatic heterocycles. The molecule has 0 amide bonds. The first-order valence-electron chi connectivity index (χ1n) is 7.86. The molecule has 130 valence electrons. The molecule has 0 unspecified atom stereocenters. The second-order valence-electron chi connectivity index (χ2n) is 5.39. The molecule has 24 heavy (non-hydrogen) atoms. The Kier molecular flexibility index (Phi) is 6.52. The Morgan fingerprint density at radius 1 is 1.21 bits per heavy atom. The van der Waals surface area contributed by atoms with Crippen LogP contribution < -0.4 is 5.56 Å². The van der Waals surface area contributed by atoms with Gasteiger partial charge in [0, 0.05) is 27.7 Å². The highest BCUT2D eigenvalue weighted by Gasteiger charge is 2.18. The van der Waals surface area contributed by atoms with Crippen molar-refractivity contribution in [2.75, 3.05) is 6.61 Å². The van der Waals surface area contributed by atoms with Gasteiger partial charge in [0.05, 0.1) is 6.61 Å². The number of nitrogens with zero attached hydrogens (tertiary/aromatic N) is 1. The Hall–Kier alpha value is -1.72. The maximum atomic E-state index is 12.7. The molecule has 0 fully saturated rings. The lowest BCUT2D eigenvalue weighted by Gasteiger charge is -2.06. The Balaban J connectivity index is 2.39. The lowest BCUT2D eigenvalue weighted by atomic mass is 10.0. The maximum Gasteiger partial charge on any atom is 0.327 e. The molecule has 0 aliphatic carbocycles. The van der Waals surface area contributed by atoms with E-state index >= 15 is 0 Å². The first kappa shape index (κ1) is 18.6. The van der Waals surface area contributed by atoms with Crippen LogP contribution in [0, 0.1) is 0 Å². The summed E-state index contributed by atoms with van der Waals surface area (Å²) in [4.78, 5) is 24.3. The van der Waals surface area contributed by atoms with Crippen molar-refractivity contribution in [2.45, 2.75) is 39.7 Å². The molecule has 0 aliphatic heterocycles. The van der Waals surface area contributed by atoms with Crippen molar-refractivity contribution in [3.63, 3.8) is 0 Å². The van der Waals surface area contributed by atoms with Crippen LogP contribution in [-0.2, 0) is 28.9 Å². The van der Waals surface area contributed by atoms with E-state index in [1.165, 1.54) is 4.68 Å². The predicted molar refractivity (Wildman–Crippen MR) is 94.9 cm³/mol. The lowest BCUT2D eigenvalue weighted by Crippen LogP contribution is -2.25. The molecule has 7 heteroatoms. The summed E-state index contributed by atoms with van der Waals surface area (Å²) in [6.45, 7) is 3.88. The second-order valence-corrected chi connectivity index (χ2v) is 6.21. The topological polar surface area (TPSA) is 64.1 Å². The quantitative estimate of drug-likeness (QED) is 0.757. The smallest absolute Gasteiger partial charge is 0.327 e. The minimum atomic E-state index is -0.453. The number of rotatable bonds is 7. The van der Waals surface area contributed by atoms with Gasteiger partial charge in [0.15, 0.2) is 0 Å². The molecule has 2 aromatic rings. The summed E-state index contributed by atoms with van der Waals surface area (Å²) in [7, 11) is 0. The number of carbonyl (C=O) groups is 1. The summed E-state index contributed by atoms with van der Waals surface area (Å²) in [5.41, 5.74) is 1.83. The molecule has 0 radical (unpaired) electrons. The van der Waals surface area contributed by atoms with E-state index < -0.39 is 5.97 Å². The van der Waals surface area contributed by atoms with Crippen LogP contribution in [0.15, 0.2) is 23.0 Å². The van der Waals surface area contributed by atoms with Crippen molar-refractivity contribution in [3.8, 4) is 0 Å². The van der Waals surface area contributed by atoms with Gasteiger partial charge in [-0.05, 0) is 31.0 Å². The van der Waals surface area contributed by atoms with Gasteiger partial charge in [-0.25, -0.2) is 4.68 Å². The van der Waals surface area contributed by atoms with E-state index in [0.717, 1.165) is 12.1 Å². The number of benzene rings is 1. The van der Waals surface area contributed by atoms with Crippen molar-refractivity contribution < 1.29 is 9.53 Å². The van der Waals surface area contributed by atoms with Crippen molar-refractivity contribution in [3.05, 3.63) is 55.4 Å². The Labute approximate surface area is 150 Å². The molecule has 1 heterocycles. The average Bonchev–Trinajstić information content (AvgIpc) is 2.80. The molecule has 0 bridgehead atoms. The van der Waals surface area contributed by atoms with Crippen molar-refractivity contribution in [2.24, 2.45) is 0 Å². The van der Waals surface area contributed by atoms with Gasteiger partial charge >= 0.3 is 5.97 Å².